The molecule has 10 aromatic carbocycles. The SMILES string of the molecule is OC1(c2ccccc2)c2ccc(-c3ccc(N(c4ccccc4)c4ccccc4)cc3)cc2C(O)(c2ccccc2)c2ccc(-c3ccc(N(c4ccccc4)c4ccccc4)cc3)cc21. The highest BCUT2D eigenvalue weighted by Crippen LogP contribution is 2.54. The van der Waals surface area contributed by atoms with E-state index in [1.807, 2.05) is 97.1 Å². The van der Waals surface area contributed by atoms with Crippen molar-refractivity contribution in [3.63, 3.8) is 0 Å². The van der Waals surface area contributed by atoms with Gasteiger partial charge in [-0.05, 0) is 141 Å². The summed E-state index contributed by atoms with van der Waals surface area (Å²) in [5.41, 5.74) is 10.9. The summed E-state index contributed by atoms with van der Waals surface area (Å²) in [4.78, 5) is 4.49. The van der Waals surface area contributed by atoms with Crippen LogP contribution in [-0.2, 0) is 11.2 Å². The predicted molar refractivity (Wildman–Crippen MR) is 270 cm³/mol. The van der Waals surface area contributed by atoms with E-state index in [1.54, 1.807) is 0 Å². The number of para-hydroxylation sites is 4. The molecule has 1 aliphatic carbocycles. The normalized spacial score (nSPS) is 16.2. The Labute approximate surface area is 386 Å². The van der Waals surface area contributed by atoms with Crippen LogP contribution in [0.15, 0.2) is 267 Å². The topological polar surface area (TPSA) is 46.9 Å². The van der Waals surface area contributed by atoms with E-state index in [4.69, 9.17) is 0 Å². The van der Waals surface area contributed by atoms with E-state index < -0.39 is 11.2 Å². The minimum atomic E-state index is -1.60. The summed E-state index contributed by atoms with van der Waals surface area (Å²) in [7, 11) is 0. The molecule has 66 heavy (non-hydrogen) atoms. The minimum absolute atomic E-state index is 0.626. The molecule has 10 aromatic rings. The largest absolute Gasteiger partial charge is 0.376 e. The fraction of sp³-hybridized carbons (Fsp3) is 0.0323. The van der Waals surface area contributed by atoms with Gasteiger partial charge in [0.05, 0.1) is 0 Å². The average Bonchev–Trinajstić information content (AvgIpc) is 3.40. The minimum Gasteiger partial charge on any atom is -0.376 e. The zero-order chi connectivity index (χ0) is 44.5. The second kappa shape index (κ2) is 17.0. The molecule has 0 heterocycles. The molecule has 4 heteroatoms. The highest BCUT2D eigenvalue weighted by Gasteiger charge is 2.51. The van der Waals surface area contributed by atoms with Crippen LogP contribution >= 0.6 is 0 Å². The summed E-state index contributed by atoms with van der Waals surface area (Å²) in [6.07, 6.45) is 0. The van der Waals surface area contributed by atoms with Crippen LogP contribution in [0.4, 0.5) is 34.1 Å². The van der Waals surface area contributed by atoms with Gasteiger partial charge in [-0.2, -0.15) is 0 Å². The summed E-state index contributed by atoms with van der Waals surface area (Å²) >= 11 is 0. The predicted octanol–water partition coefficient (Wildman–Crippen LogP) is 14.8. The zero-order valence-electron chi connectivity index (χ0n) is 36.2. The summed E-state index contributed by atoms with van der Waals surface area (Å²) in [6.45, 7) is 0. The molecule has 0 fully saturated rings. The first-order valence-electron chi connectivity index (χ1n) is 22.4. The molecule has 316 valence electrons. The van der Waals surface area contributed by atoms with Crippen LogP contribution in [-0.4, -0.2) is 10.2 Å². The number of hydrogen-bond donors (Lipinski definition) is 2. The van der Waals surface area contributed by atoms with Crippen molar-refractivity contribution < 1.29 is 10.2 Å². The molecule has 0 aliphatic heterocycles. The van der Waals surface area contributed by atoms with Gasteiger partial charge in [0.25, 0.3) is 0 Å². The number of nitrogens with zero attached hydrogens (tertiary/aromatic N) is 2. The Hall–Kier alpha value is -8.28. The first kappa shape index (κ1) is 40.5. The van der Waals surface area contributed by atoms with Gasteiger partial charge in [-0.1, -0.05) is 182 Å². The number of anilines is 6. The van der Waals surface area contributed by atoms with Crippen molar-refractivity contribution in [3.8, 4) is 22.3 Å². The smallest absolute Gasteiger partial charge is 0.141 e. The maximum atomic E-state index is 13.6. The van der Waals surface area contributed by atoms with Crippen molar-refractivity contribution in [1.82, 2.24) is 0 Å². The summed E-state index contributed by atoms with van der Waals surface area (Å²) in [5.74, 6) is 0. The number of aliphatic hydroxyl groups is 2. The monoisotopic (exact) mass is 850 g/mol. The van der Waals surface area contributed by atoms with Gasteiger partial charge in [0.15, 0.2) is 0 Å². The second-order valence-electron chi connectivity index (χ2n) is 16.8. The quantitative estimate of drug-likeness (QED) is 0.144. The van der Waals surface area contributed by atoms with Crippen LogP contribution in [0.5, 0.6) is 0 Å². The van der Waals surface area contributed by atoms with Crippen molar-refractivity contribution in [1.29, 1.82) is 0 Å². The third kappa shape index (κ3) is 7.06. The van der Waals surface area contributed by atoms with Crippen molar-refractivity contribution in [2.75, 3.05) is 9.80 Å². The van der Waals surface area contributed by atoms with Gasteiger partial charge in [0.1, 0.15) is 11.2 Å². The van der Waals surface area contributed by atoms with Crippen LogP contribution in [0, 0.1) is 0 Å². The summed E-state index contributed by atoms with van der Waals surface area (Å²) < 4.78 is 0. The first-order chi connectivity index (χ1) is 32.5. The van der Waals surface area contributed by atoms with E-state index in [2.05, 4.69) is 180 Å². The van der Waals surface area contributed by atoms with Gasteiger partial charge in [-0.25, -0.2) is 0 Å². The molecule has 0 bridgehead atoms. The average molecular weight is 851 g/mol. The van der Waals surface area contributed by atoms with E-state index in [9.17, 15) is 10.2 Å². The van der Waals surface area contributed by atoms with Crippen molar-refractivity contribution in [3.05, 3.63) is 300 Å². The molecule has 2 atom stereocenters. The van der Waals surface area contributed by atoms with E-state index >= 15 is 0 Å². The molecule has 0 aromatic heterocycles. The molecular formula is C62H46N2O2. The molecule has 0 spiro atoms. The molecule has 0 amide bonds. The van der Waals surface area contributed by atoms with Gasteiger partial charge >= 0.3 is 0 Å². The zero-order valence-corrected chi connectivity index (χ0v) is 36.2. The van der Waals surface area contributed by atoms with Crippen LogP contribution in [0.2, 0.25) is 0 Å². The lowest BCUT2D eigenvalue weighted by Gasteiger charge is -2.45. The number of benzene rings is 10. The highest BCUT2D eigenvalue weighted by molar-refractivity contribution is 5.81. The Kier molecular flexibility index (Phi) is 10.4. The Morgan fingerprint density at radius 1 is 0.227 bits per heavy atom. The Morgan fingerprint density at radius 2 is 0.470 bits per heavy atom. The Morgan fingerprint density at radius 3 is 0.758 bits per heavy atom. The van der Waals surface area contributed by atoms with Gasteiger partial charge in [-0.3, -0.25) is 0 Å². The Bertz CT molecular complexity index is 2940. The molecular weight excluding hydrogens is 805 g/mol. The summed E-state index contributed by atoms with van der Waals surface area (Å²) in [5, 5.41) is 27.2. The Balaban J connectivity index is 1.04. The van der Waals surface area contributed by atoms with Gasteiger partial charge in [-0.15, -0.1) is 0 Å². The maximum absolute atomic E-state index is 13.6. The van der Waals surface area contributed by atoms with Gasteiger partial charge in [0, 0.05) is 34.1 Å². The van der Waals surface area contributed by atoms with Gasteiger partial charge < -0.3 is 20.0 Å². The standard InChI is InChI=1S/C62H46N2O2/c65-61(49-19-7-1-8-20-49)57-41-35-48(46-33-39-56(40-34-46)64(53-27-15-5-16-28-53)54-29-17-6-18-30-54)44-60(57)62(66,50-21-9-2-10-22-50)58-42-36-47(43-59(58)61)45-31-37-55(38-32-45)63(51-23-11-3-12-24-51)52-25-13-4-14-26-52/h1-44,65-66H. The lowest BCUT2D eigenvalue weighted by molar-refractivity contribution is 0.0749. The van der Waals surface area contributed by atoms with Crippen molar-refractivity contribution >= 4 is 34.1 Å². The molecule has 2 N–H and O–H groups in total. The van der Waals surface area contributed by atoms with E-state index in [0.29, 0.717) is 22.3 Å². The van der Waals surface area contributed by atoms with Crippen molar-refractivity contribution in [2.24, 2.45) is 0 Å². The lowest BCUT2D eigenvalue weighted by atomic mass is 9.63. The van der Waals surface area contributed by atoms with E-state index in [0.717, 1.165) is 67.5 Å². The molecule has 0 saturated carbocycles. The summed E-state index contributed by atoms with van der Waals surface area (Å²) in [6, 6.07) is 90.6. The first-order valence-corrected chi connectivity index (χ1v) is 22.4. The van der Waals surface area contributed by atoms with Crippen molar-refractivity contribution in [2.45, 2.75) is 11.2 Å². The lowest BCUT2D eigenvalue weighted by Crippen LogP contribution is -2.44. The van der Waals surface area contributed by atoms with Crippen LogP contribution in [0.1, 0.15) is 33.4 Å². The number of fused-ring (bicyclic) bond motifs is 2. The second-order valence-corrected chi connectivity index (χ2v) is 16.8. The third-order valence-electron chi connectivity index (χ3n) is 13.0. The maximum Gasteiger partial charge on any atom is 0.141 e. The fourth-order valence-electron chi connectivity index (χ4n) is 9.76. The number of rotatable bonds is 10. The molecule has 4 nitrogen and oxygen atoms in total. The molecule has 11 rings (SSSR count). The van der Waals surface area contributed by atoms with E-state index in [1.165, 1.54) is 0 Å². The molecule has 0 radical (unpaired) electrons. The highest BCUT2D eigenvalue weighted by atomic mass is 16.3. The number of hydrogen-bond acceptors (Lipinski definition) is 4. The fourth-order valence-corrected chi connectivity index (χ4v) is 9.76. The third-order valence-corrected chi connectivity index (χ3v) is 13.0. The molecule has 1 aliphatic rings. The van der Waals surface area contributed by atoms with Gasteiger partial charge in [0.2, 0.25) is 0 Å². The van der Waals surface area contributed by atoms with Crippen LogP contribution in [0.25, 0.3) is 22.3 Å². The molecule has 2 unspecified atom stereocenters. The molecule has 0 saturated heterocycles. The van der Waals surface area contributed by atoms with Crippen LogP contribution < -0.4 is 9.80 Å². The van der Waals surface area contributed by atoms with E-state index in [-0.39, 0.29) is 0 Å². The van der Waals surface area contributed by atoms with Crippen LogP contribution in [0.3, 0.4) is 0 Å².